The number of rotatable bonds is 3. The van der Waals surface area contributed by atoms with Crippen molar-refractivity contribution in [3.63, 3.8) is 0 Å². The lowest BCUT2D eigenvalue weighted by Gasteiger charge is -2.04. The van der Waals surface area contributed by atoms with Gasteiger partial charge in [0.25, 0.3) is 0 Å². The zero-order valence-electron chi connectivity index (χ0n) is 11.5. The Morgan fingerprint density at radius 1 is 1.12 bits per heavy atom. The Labute approximate surface area is 105 Å². The monoisotopic (exact) mass is 230 g/mol. The first-order valence-electron chi connectivity index (χ1n) is 5.90. The van der Waals surface area contributed by atoms with Crippen molar-refractivity contribution in [1.29, 1.82) is 0 Å². The summed E-state index contributed by atoms with van der Waals surface area (Å²) in [4.78, 5) is 8.48. The first kappa shape index (κ1) is 15.3. The van der Waals surface area contributed by atoms with Crippen molar-refractivity contribution in [1.82, 2.24) is 9.97 Å². The fourth-order valence-electron chi connectivity index (χ4n) is 1.19. The molecule has 2 heteroatoms. The van der Waals surface area contributed by atoms with Crippen molar-refractivity contribution in [2.45, 2.75) is 34.6 Å². The quantitative estimate of drug-likeness (QED) is 0.718. The molecule has 0 radical (unpaired) electrons. The molecule has 0 saturated carbocycles. The molecule has 0 unspecified atom stereocenters. The molecule has 0 fully saturated rings. The molecule has 0 aliphatic carbocycles. The minimum atomic E-state index is 0.746. The molecule has 0 atom stereocenters. The lowest BCUT2D eigenvalue weighted by molar-refractivity contribution is 1.11. The minimum Gasteiger partial charge on any atom is -0.237 e. The van der Waals surface area contributed by atoms with Crippen molar-refractivity contribution < 1.29 is 0 Å². The van der Waals surface area contributed by atoms with Gasteiger partial charge >= 0.3 is 0 Å². The van der Waals surface area contributed by atoms with Gasteiger partial charge in [-0.2, -0.15) is 0 Å². The van der Waals surface area contributed by atoms with Crippen molar-refractivity contribution in [2.24, 2.45) is 0 Å². The molecule has 0 aliphatic rings. The molecule has 0 saturated heterocycles. The zero-order chi connectivity index (χ0) is 13.3. The Morgan fingerprint density at radius 2 is 1.65 bits per heavy atom. The smallest absolute Gasteiger partial charge is 0.159 e. The second kappa shape index (κ2) is 8.45. The van der Waals surface area contributed by atoms with Crippen LogP contribution < -0.4 is 0 Å². The van der Waals surface area contributed by atoms with Gasteiger partial charge in [-0.25, -0.2) is 9.97 Å². The van der Waals surface area contributed by atoms with Gasteiger partial charge in [0.1, 0.15) is 0 Å². The topological polar surface area (TPSA) is 25.8 Å². The van der Waals surface area contributed by atoms with Gasteiger partial charge in [-0.15, -0.1) is 0 Å². The molecule has 92 valence electrons. The van der Waals surface area contributed by atoms with E-state index in [4.69, 9.17) is 0 Å². The molecule has 0 N–H and O–H groups in total. The first-order valence-corrected chi connectivity index (χ1v) is 5.90. The SMILES string of the molecule is C=C/C(C)=C(\C=C(C)C)c1ncccn1.CC. The number of allylic oxidation sites excluding steroid dienone is 5. The highest BCUT2D eigenvalue weighted by molar-refractivity contribution is 5.74. The third kappa shape index (κ3) is 5.25. The Bertz CT molecular complexity index is 396. The molecular formula is C15H22N2. The van der Waals surface area contributed by atoms with Gasteiger partial charge in [0.05, 0.1) is 0 Å². The standard InChI is InChI=1S/C13H16N2.C2H6/c1-5-11(4)12(9-10(2)3)13-14-7-6-8-15-13;1-2/h5-9H,1H2,2-4H3;1-2H3/b12-11+;. The zero-order valence-corrected chi connectivity index (χ0v) is 11.5. The van der Waals surface area contributed by atoms with E-state index in [1.54, 1.807) is 12.4 Å². The Hall–Kier alpha value is -1.70. The van der Waals surface area contributed by atoms with E-state index < -0.39 is 0 Å². The summed E-state index contributed by atoms with van der Waals surface area (Å²) in [7, 11) is 0. The largest absolute Gasteiger partial charge is 0.237 e. The summed E-state index contributed by atoms with van der Waals surface area (Å²) in [5.41, 5.74) is 3.34. The van der Waals surface area contributed by atoms with Crippen LogP contribution in [0.4, 0.5) is 0 Å². The van der Waals surface area contributed by atoms with E-state index in [1.807, 2.05) is 32.9 Å². The van der Waals surface area contributed by atoms with E-state index in [2.05, 4.69) is 36.5 Å². The normalized spacial score (nSPS) is 10.6. The molecule has 0 spiro atoms. The van der Waals surface area contributed by atoms with Gasteiger partial charge in [0, 0.05) is 18.0 Å². The van der Waals surface area contributed by atoms with Crippen LogP contribution in [0, 0.1) is 0 Å². The lowest BCUT2D eigenvalue weighted by atomic mass is 10.1. The Balaban J connectivity index is 0.00000121. The average molecular weight is 230 g/mol. The number of hydrogen-bond donors (Lipinski definition) is 0. The maximum atomic E-state index is 4.24. The molecule has 1 heterocycles. The van der Waals surface area contributed by atoms with Gasteiger partial charge in [0.2, 0.25) is 0 Å². The predicted molar refractivity (Wildman–Crippen MR) is 75.6 cm³/mol. The molecule has 0 aromatic carbocycles. The van der Waals surface area contributed by atoms with Gasteiger partial charge in [0.15, 0.2) is 5.82 Å². The summed E-state index contributed by atoms with van der Waals surface area (Å²) in [6.07, 6.45) is 7.40. The number of hydrogen-bond acceptors (Lipinski definition) is 2. The summed E-state index contributed by atoms with van der Waals surface area (Å²) in [5, 5.41) is 0. The van der Waals surface area contributed by atoms with Crippen LogP contribution in [0.25, 0.3) is 5.57 Å². The van der Waals surface area contributed by atoms with E-state index in [-0.39, 0.29) is 0 Å². The summed E-state index contributed by atoms with van der Waals surface area (Å²) in [5.74, 6) is 0.746. The molecule has 0 aliphatic heterocycles. The van der Waals surface area contributed by atoms with Crippen LogP contribution in [0.2, 0.25) is 0 Å². The highest BCUT2D eigenvalue weighted by atomic mass is 14.9. The summed E-state index contributed by atoms with van der Waals surface area (Å²) < 4.78 is 0. The average Bonchev–Trinajstić information content (AvgIpc) is 2.38. The van der Waals surface area contributed by atoms with Gasteiger partial charge < -0.3 is 0 Å². The molecule has 1 aromatic heterocycles. The highest BCUT2D eigenvalue weighted by Crippen LogP contribution is 2.18. The molecule has 17 heavy (non-hydrogen) atoms. The van der Waals surface area contributed by atoms with E-state index in [0.717, 1.165) is 17.0 Å². The van der Waals surface area contributed by atoms with Gasteiger partial charge in [-0.1, -0.05) is 38.2 Å². The van der Waals surface area contributed by atoms with E-state index in [9.17, 15) is 0 Å². The Kier molecular flexibility index (Phi) is 7.61. The first-order chi connectivity index (χ1) is 8.15. The van der Waals surface area contributed by atoms with Crippen LogP contribution in [0.3, 0.4) is 0 Å². The Morgan fingerprint density at radius 3 is 2.06 bits per heavy atom. The molecule has 1 rings (SSSR count). The lowest BCUT2D eigenvalue weighted by Crippen LogP contribution is -1.93. The maximum absolute atomic E-state index is 4.24. The van der Waals surface area contributed by atoms with Crippen LogP contribution in [-0.4, -0.2) is 9.97 Å². The van der Waals surface area contributed by atoms with Gasteiger partial charge in [-0.05, 0) is 32.4 Å². The van der Waals surface area contributed by atoms with Crippen LogP contribution in [0.1, 0.15) is 40.4 Å². The highest BCUT2D eigenvalue weighted by Gasteiger charge is 2.03. The second-order valence-corrected chi connectivity index (χ2v) is 3.59. The van der Waals surface area contributed by atoms with E-state index >= 15 is 0 Å². The number of nitrogens with zero attached hydrogens (tertiary/aromatic N) is 2. The third-order valence-electron chi connectivity index (χ3n) is 1.97. The molecule has 0 bridgehead atoms. The number of aromatic nitrogens is 2. The summed E-state index contributed by atoms with van der Waals surface area (Å²) >= 11 is 0. The fourth-order valence-corrected chi connectivity index (χ4v) is 1.19. The van der Waals surface area contributed by atoms with Gasteiger partial charge in [-0.3, -0.25) is 0 Å². The predicted octanol–water partition coefficient (Wildman–Crippen LogP) is 4.43. The van der Waals surface area contributed by atoms with Crippen LogP contribution >= 0.6 is 0 Å². The molecule has 0 amide bonds. The molecule has 1 aromatic rings. The minimum absolute atomic E-state index is 0.746. The summed E-state index contributed by atoms with van der Waals surface area (Å²) in [6.45, 7) is 13.9. The van der Waals surface area contributed by atoms with Crippen molar-refractivity contribution >= 4 is 5.57 Å². The van der Waals surface area contributed by atoms with Crippen molar-refractivity contribution in [3.8, 4) is 0 Å². The van der Waals surface area contributed by atoms with Crippen LogP contribution in [0.5, 0.6) is 0 Å². The van der Waals surface area contributed by atoms with E-state index in [1.165, 1.54) is 5.57 Å². The fraction of sp³-hybridized carbons (Fsp3) is 0.333. The second-order valence-electron chi connectivity index (χ2n) is 3.59. The maximum Gasteiger partial charge on any atom is 0.159 e. The van der Waals surface area contributed by atoms with Crippen LogP contribution in [0.15, 0.2) is 48.3 Å². The summed E-state index contributed by atoms with van der Waals surface area (Å²) in [6, 6.07) is 1.81. The van der Waals surface area contributed by atoms with Crippen molar-refractivity contribution in [3.05, 3.63) is 54.2 Å². The molecule has 2 nitrogen and oxygen atoms in total. The van der Waals surface area contributed by atoms with E-state index in [0.29, 0.717) is 0 Å². The van der Waals surface area contributed by atoms with Crippen LogP contribution in [-0.2, 0) is 0 Å². The molecular weight excluding hydrogens is 208 g/mol. The van der Waals surface area contributed by atoms with Crippen molar-refractivity contribution in [2.75, 3.05) is 0 Å². The third-order valence-corrected chi connectivity index (χ3v) is 1.97.